The molecule has 0 aliphatic rings. The van der Waals surface area contributed by atoms with E-state index >= 15 is 0 Å². The molecule has 0 atom stereocenters. The Morgan fingerprint density at radius 2 is 1.71 bits per heavy atom. The molecule has 2 aromatic carbocycles. The number of aryl methyl sites for hydroxylation is 2. The number of pyridine rings is 2. The molecule has 28 heavy (non-hydrogen) atoms. The maximum atomic E-state index is 6.33. The third-order valence-corrected chi connectivity index (χ3v) is 5.55. The summed E-state index contributed by atoms with van der Waals surface area (Å²) in [5, 5.41) is 2.31. The Morgan fingerprint density at radius 1 is 0.857 bits per heavy atom. The van der Waals surface area contributed by atoms with Crippen LogP contribution in [0, 0.1) is 13.8 Å². The lowest BCUT2D eigenvalue weighted by molar-refractivity contribution is -0.666. The number of para-hydroxylation sites is 1. The largest absolute Gasteiger partial charge is 0.455 e. The third-order valence-electron chi connectivity index (χ3n) is 5.55. The van der Waals surface area contributed by atoms with Crippen LogP contribution in [0.2, 0.25) is 0 Å². The standard InChI is InChI=1S/C25H21N2O/c1-16-10-11-21-20-8-4-5-9-23(20)28-25(21)24(16)22-14-19(13-17(2)27(22)3)18-7-6-12-26-15-18/h4-15H,1-3H3/q+1. The number of rotatable bonds is 2. The highest BCUT2D eigenvalue weighted by Crippen LogP contribution is 2.37. The van der Waals surface area contributed by atoms with Crippen molar-refractivity contribution in [3.63, 3.8) is 0 Å². The summed E-state index contributed by atoms with van der Waals surface area (Å²) in [7, 11) is 2.11. The number of nitrogens with zero attached hydrogens (tertiary/aromatic N) is 2. The van der Waals surface area contributed by atoms with Crippen molar-refractivity contribution in [3.05, 3.63) is 84.3 Å². The van der Waals surface area contributed by atoms with E-state index in [0.717, 1.165) is 44.3 Å². The van der Waals surface area contributed by atoms with Crippen molar-refractivity contribution in [3.8, 4) is 22.4 Å². The molecule has 0 saturated carbocycles. The second-order valence-electron chi connectivity index (χ2n) is 7.30. The van der Waals surface area contributed by atoms with Crippen LogP contribution in [0.1, 0.15) is 11.3 Å². The van der Waals surface area contributed by atoms with Gasteiger partial charge in [-0.05, 0) is 30.2 Å². The third kappa shape index (κ3) is 2.51. The molecule has 0 bridgehead atoms. The SMILES string of the molecule is Cc1ccc2c(oc3ccccc32)c1-c1cc(-c2cccnc2)cc(C)[n+]1C. The Bertz CT molecular complexity index is 1330. The van der Waals surface area contributed by atoms with Crippen LogP contribution in [0.5, 0.6) is 0 Å². The second-order valence-corrected chi connectivity index (χ2v) is 7.30. The fraction of sp³-hybridized carbons (Fsp3) is 0.120. The minimum atomic E-state index is 0.923. The van der Waals surface area contributed by atoms with Gasteiger partial charge in [-0.15, -0.1) is 0 Å². The van der Waals surface area contributed by atoms with Crippen LogP contribution in [0.3, 0.4) is 0 Å². The summed E-state index contributed by atoms with van der Waals surface area (Å²) in [6.07, 6.45) is 3.71. The average Bonchev–Trinajstić information content (AvgIpc) is 3.09. The minimum Gasteiger partial charge on any atom is -0.455 e. The Balaban J connectivity index is 1.85. The molecule has 0 radical (unpaired) electrons. The molecule has 5 aromatic rings. The monoisotopic (exact) mass is 365 g/mol. The van der Waals surface area contributed by atoms with E-state index in [1.165, 1.54) is 11.3 Å². The molecule has 0 saturated heterocycles. The van der Waals surface area contributed by atoms with Crippen LogP contribution in [0.15, 0.2) is 77.5 Å². The highest BCUT2D eigenvalue weighted by atomic mass is 16.3. The van der Waals surface area contributed by atoms with Crippen molar-refractivity contribution in [2.24, 2.45) is 7.05 Å². The van der Waals surface area contributed by atoms with Crippen LogP contribution in [-0.4, -0.2) is 4.98 Å². The minimum absolute atomic E-state index is 0.923. The van der Waals surface area contributed by atoms with E-state index in [4.69, 9.17) is 4.42 Å². The smallest absolute Gasteiger partial charge is 0.217 e. The fourth-order valence-electron chi connectivity index (χ4n) is 3.94. The zero-order valence-corrected chi connectivity index (χ0v) is 16.2. The molecule has 136 valence electrons. The van der Waals surface area contributed by atoms with Gasteiger partial charge >= 0.3 is 0 Å². The molecule has 5 rings (SSSR count). The van der Waals surface area contributed by atoms with Crippen molar-refractivity contribution in [2.75, 3.05) is 0 Å². The predicted molar refractivity (Wildman–Crippen MR) is 113 cm³/mol. The average molecular weight is 365 g/mol. The van der Waals surface area contributed by atoms with Gasteiger partial charge in [-0.2, -0.15) is 4.57 Å². The Morgan fingerprint density at radius 3 is 2.54 bits per heavy atom. The van der Waals surface area contributed by atoms with Gasteiger partial charge in [0.2, 0.25) is 5.69 Å². The van der Waals surface area contributed by atoms with Crippen LogP contribution < -0.4 is 4.57 Å². The van der Waals surface area contributed by atoms with Crippen molar-refractivity contribution >= 4 is 21.9 Å². The van der Waals surface area contributed by atoms with Crippen molar-refractivity contribution in [1.82, 2.24) is 4.98 Å². The Labute approximate surface area is 163 Å². The molecule has 0 amide bonds. The molecule has 0 N–H and O–H groups in total. The maximum absolute atomic E-state index is 6.33. The van der Waals surface area contributed by atoms with Gasteiger partial charge in [-0.1, -0.05) is 36.4 Å². The summed E-state index contributed by atoms with van der Waals surface area (Å²) in [5.74, 6) is 0. The molecule has 0 unspecified atom stereocenters. The van der Waals surface area contributed by atoms with E-state index in [0.29, 0.717) is 0 Å². The van der Waals surface area contributed by atoms with Gasteiger partial charge in [0.1, 0.15) is 18.2 Å². The molecular formula is C25H21N2O+. The van der Waals surface area contributed by atoms with Crippen LogP contribution in [-0.2, 0) is 7.05 Å². The number of fused-ring (bicyclic) bond motifs is 3. The normalized spacial score (nSPS) is 11.4. The Hall–Kier alpha value is -3.46. The highest BCUT2D eigenvalue weighted by molar-refractivity contribution is 6.09. The molecule has 0 aliphatic heterocycles. The molecule has 3 heteroatoms. The number of benzene rings is 2. The van der Waals surface area contributed by atoms with E-state index in [2.05, 4.69) is 72.9 Å². The Kier molecular flexibility index (Phi) is 3.76. The van der Waals surface area contributed by atoms with Crippen LogP contribution >= 0.6 is 0 Å². The molecule has 0 spiro atoms. The first-order chi connectivity index (χ1) is 13.6. The van der Waals surface area contributed by atoms with E-state index in [1.807, 2.05) is 24.4 Å². The number of aromatic nitrogens is 2. The molecule has 3 nitrogen and oxygen atoms in total. The molecule has 0 fully saturated rings. The predicted octanol–water partition coefficient (Wildman–Crippen LogP) is 5.76. The fourth-order valence-corrected chi connectivity index (χ4v) is 3.94. The quantitative estimate of drug-likeness (QED) is 0.373. The summed E-state index contributed by atoms with van der Waals surface area (Å²) in [6.45, 7) is 4.28. The van der Waals surface area contributed by atoms with Gasteiger partial charge in [-0.25, -0.2) is 0 Å². The van der Waals surface area contributed by atoms with Crippen molar-refractivity contribution < 1.29 is 8.98 Å². The zero-order chi connectivity index (χ0) is 19.3. The number of furan rings is 1. The summed E-state index contributed by atoms with van der Waals surface area (Å²) in [5.41, 5.74) is 8.81. The first-order valence-corrected chi connectivity index (χ1v) is 9.46. The number of hydrogen-bond acceptors (Lipinski definition) is 2. The first kappa shape index (κ1) is 16.7. The first-order valence-electron chi connectivity index (χ1n) is 9.46. The zero-order valence-electron chi connectivity index (χ0n) is 16.2. The molecule has 3 heterocycles. The van der Waals surface area contributed by atoms with Crippen LogP contribution in [0.25, 0.3) is 44.3 Å². The summed E-state index contributed by atoms with van der Waals surface area (Å²) >= 11 is 0. The highest BCUT2D eigenvalue weighted by Gasteiger charge is 2.22. The van der Waals surface area contributed by atoms with E-state index in [9.17, 15) is 0 Å². The van der Waals surface area contributed by atoms with E-state index < -0.39 is 0 Å². The van der Waals surface area contributed by atoms with Crippen LogP contribution in [0.4, 0.5) is 0 Å². The maximum Gasteiger partial charge on any atom is 0.217 e. The van der Waals surface area contributed by atoms with Gasteiger partial charge in [0.05, 0.1) is 5.56 Å². The topological polar surface area (TPSA) is 29.9 Å². The van der Waals surface area contributed by atoms with E-state index in [1.54, 1.807) is 6.20 Å². The molecule has 0 aliphatic carbocycles. The lowest BCUT2D eigenvalue weighted by atomic mass is 9.98. The van der Waals surface area contributed by atoms with Gasteiger partial charge < -0.3 is 4.42 Å². The summed E-state index contributed by atoms with van der Waals surface area (Å²) < 4.78 is 8.56. The molecule has 3 aromatic heterocycles. The van der Waals surface area contributed by atoms with E-state index in [-0.39, 0.29) is 0 Å². The van der Waals surface area contributed by atoms with Gasteiger partial charge in [0.15, 0.2) is 5.69 Å². The molecular weight excluding hydrogens is 344 g/mol. The lowest BCUT2D eigenvalue weighted by Crippen LogP contribution is -2.35. The summed E-state index contributed by atoms with van der Waals surface area (Å²) in [4.78, 5) is 4.29. The second kappa shape index (κ2) is 6.31. The van der Waals surface area contributed by atoms with Gasteiger partial charge in [0.25, 0.3) is 0 Å². The van der Waals surface area contributed by atoms with Gasteiger partial charge in [0, 0.05) is 47.8 Å². The van der Waals surface area contributed by atoms with Gasteiger partial charge in [-0.3, -0.25) is 4.98 Å². The lowest BCUT2D eigenvalue weighted by Gasteiger charge is -2.10. The van der Waals surface area contributed by atoms with Crippen molar-refractivity contribution in [1.29, 1.82) is 0 Å². The summed E-state index contributed by atoms with van der Waals surface area (Å²) in [6, 6.07) is 21.1. The number of hydrogen-bond donors (Lipinski definition) is 0. The van der Waals surface area contributed by atoms with Crippen molar-refractivity contribution in [2.45, 2.75) is 13.8 Å².